The topological polar surface area (TPSA) is 58.9 Å². The lowest BCUT2D eigenvalue weighted by Crippen LogP contribution is -2.53. The van der Waals surface area contributed by atoms with Gasteiger partial charge in [-0.3, -0.25) is 0 Å². The smallest absolute Gasteiger partial charge is 0.489 e. The largest absolute Gasteiger partial charge is 0.492 e. The molecule has 0 aliphatic carbocycles. The summed E-state index contributed by atoms with van der Waals surface area (Å²) < 4.78 is 11.7. The van der Waals surface area contributed by atoms with Gasteiger partial charge in [-0.25, -0.2) is 0 Å². The van der Waals surface area contributed by atoms with Crippen LogP contribution in [0.5, 0.6) is 5.75 Å². The number of fused-ring (bicyclic) bond motifs is 1. The summed E-state index contributed by atoms with van der Waals surface area (Å²) in [5, 5.41) is 22.8. The highest BCUT2D eigenvalue weighted by Crippen LogP contribution is 2.26. The summed E-state index contributed by atoms with van der Waals surface area (Å²) >= 11 is 0. The highest BCUT2D eigenvalue weighted by atomic mass is 16.5. The molecule has 0 saturated heterocycles. The Hall–Kier alpha value is -2.34. The molecule has 0 spiro atoms. The van der Waals surface area contributed by atoms with Crippen LogP contribution in [-0.2, 0) is 11.3 Å². The maximum absolute atomic E-state index is 10.7. The number of benzene rings is 3. The summed E-state index contributed by atoms with van der Waals surface area (Å²) in [6.07, 6.45) is 0. The maximum atomic E-state index is 10.7. The second kappa shape index (κ2) is 7.96. The first-order chi connectivity index (χ1) is 13.2. The molecule has 0 unspecified atom stereocenters. The fourth-order valence-corrected chi connectivity index (χ4v) is 2.82. The molecule has 0 amide bonds. The third-order valence-corrected chi connectivity index (χ3v) is 5.28. The van der Waals surface area contributed by atoms with Crippen molar-refractivity contribution in [1.29, 1.82) is 0 Å². The Balaban J connectivity index is 1.81. The third kappa shape index (κ3) is 4.55. The molecule has 0 saturated carbocycles. The van der Waals surface area contributed by atoms with Gasteiger partial charge >= 0.3 is 7.12 Å². The molecule has 3 aromatic rings. The Morgan fingerprint density at radius 3 is 2.29 bits per heavy atom. The van der Waals surface area contributed by atoms with Gasteiger partial charge in [0.25, 0.3) is 0 Å². The predicted octanol–water partition coefficient (Wildman–Crippen LogP) is 3.67. The molecule has 0 aliphatic rings. The van der Waals surface area contributed by atoms with Crippen LogP contribution in [0.1, 0.15) is 33.3 Å². The van der Waals surface area contributed by atoms with Crippen molar-refractivity contribution >= 4 is 23.4 Å². The molecule has 0 fully saturated rings. The first-order valence-electron chi connectivity index (χ1n) is 9.45. The molecule has 2 N–H and O–H groups in total. The van der Waals surface area contributed by atoms with E-state index in [-0.39, 0.29) is 0 Å². The number of rotatable bonds is 7. The lowest BCUT2D eigenvalue weighted by Gasteiger charge is -2.38. The molecule has 0 radical (unpaired) electrons. The van der Waals surface area contributed by atoms with Crippen molar-refractivity contribution in [2.75, 3.05) is 0 Å². The maximum Gasteiger partial charge on any atom is 0.492 e. The van der Waals surface area contributed by atoms with Crippen LogP contribution in [0.2, 0.25) is 0 Å². The standard InChI is InChI=1S/C23H27BO4/c1-22(2,25)23(3,4)28-24(26)21-12-8-11-18-15-19(13-14-20(18)21)27-16-17-9-6-5-7-10-17/h5-15,25-26H,16H2,1-4H3. The lowest BCUT2D eigenvalue weighted by molar-refractivity contribution is -0.0982. The molecule has 0 bridgehead atoms. The minimum atomic E-state index is -1.15. The fraction of sp³-hybridized carbons (Fsp3) is 0.304. The van der Waals surface area contributed by atoms with E-state index in [0.717, 1.165) is 22.1 Å². The summed E-state index contributed by atoms with van der Waals surface area (Å²) in [5.41, 5.74) is -0.261. The van der Waals surface area contributed by atoms with Gasteiger partial charge in [-0.2, -0.15) is 0 Å². The van der Waals surface area contributed by atoms with Crippen LogP contribution in [0.4, 0.5) is 0 Å². The molecule has 146 valence electrons. The molecule has 3 rings (SSSR count). The van der Waals surface area contributed by atoms with Crippen LogP contribution in [0, 0.1) is 0 Å². The summed E-state index contributed by atoms with van der Waals surface area (Å²) in [5.74, 6) is 0.765. The van der Waals surface area contributed by atoms with Crippen molar-refractivity contribution in [3.63, 3.8) is 0 Å². The zero-order valence-electron chi connectivity index (χ0n) is 16.8. The van der Waals surface area contributed by atoms with Crippen LogP contribution in [0.15, 0.2) is 66.7 Å². The van der Waals surface area contributed by atoms with E-state index in [1.165, 1.54) is 0 Å². The number of hydrogen-bond acceptors (Lipinski definition) is 4. The molecule has 0 atom stereocenters. The summed E-state index contributed by atoms with van der Waals surface area (Å²) in [4.78, 5) is 0. The van der Waals surface area contributed by atoms with Gasteiger partial charge in [-0.05, 0) is 61.6 Å². The average Bonchev–Trinajstić information content (AvgIpc) is 2.65. The van der Waals surface area contributed by atoms with E-state index in [4.69, 9.17) is 9.39 Å². The van der Waals surface area contributed by atoms with Gasteiger partial charge in [-0.15, -0.1) is 0 Å². The Morgan fingerprint density at radius 1 is 0.893 bits per heavy atom. The Labute approximate surface area is 166 Å². The van der Waals surface area contributed by atoms with Gasteiger partial charge in [0.05, 0.1) is 11.2 Å². The van der Waals surface area contributed by atoms with Crippen LogP contribution < -0.4 is 10.2 Å². The highest BCUT2D eigenvalue weighted by molar-refractivity contribution is 6.63. The van der Waals surface area contributed by atoms with Crippen molar-refractivity contribution in [3.05, 3.63) is 72.3 Å². The predicted molar refractivity (Wildman–Crippen MR) is 114 cm³/mol. The summed E-state index contributed by atoms with van der Waals surface area (Å²) in [6, 6.07) is 21.5. The van der Waals surface area contributed by atoms with Crippen molar-refractivity contribution in [2.24, 2.45) is 0 Å². The first kappa shape index (κ1) is 20.4. The quantitative estimate of drug-likeness (QED) is 0.616. The Morgan fingerprint density at radius 2 is 1.61 bits per heavy atom. The minimum Gasteiger partial charge on any atom is -0.489 e. The van der Waals surface area contributed by atoms with Crippen molar-refractivity contribution in [1.82, 2.24) is 0 Å². The van der Waals surface area contributed by atoms with E-state index < -0.39 is 18.3 Å². The van der Waals surface area contributed by atoms with E-state index >= 15 is 0 Å². The first-order valence-corrected chi connectivity index (χ1v) is 9.45. The van der Waals surface area contributed by atoms with Gasteiger partial charge < -0.3 is 19.5 Å². The third-order valence-electron chi connectivity index (χ3n) is 5.28. The highest BCUT2D eigenvalue weighted by Gasteiger charge is 2.39. The molecular formula is C23H27BO4. The van der Waals surface area contributed by atoms with Crippen molar-refractivity contribution < 1.29 is 19.5 Å². The van der Waals surface area contributed by atoms with E-state index in [1.807, 2.05) is 66.7 Å². The van der Waals surface area contributed by atoms with Crippen molar-refractivity contribution in [3.8, 4) is 5.75 Å². The number of ether oxygens (including phenoxy) is 1. The zero-order chi connectivity index (χ0) is 20.4. The molecule has 28 heavy (non-hydrogen) atoms. The molecule has 0 aromatic heterocycles. The number of hydrogen-bond donors (Lipinski definition) is 2. The van der Waals surface area contributed by atoms with Crippen LogP contribution in [0.3, 0.4) is 0 Å². The van der Waals surface area contributed by atoms with Crippen LogP contribution in [0.25, 0.3) is 10.8 Å². The monoisotopic (exact) mass is 378 g/mol. The van der Waals surface area contributed by atoms with Crippen LogP contribution in [-0.4, -0.2) is 28.5 Å². The minimum absolute atomic E-state index is 0.498. The van der Waals surface area contributed by atoms with Gasteiger partial charge in [0.15, 0.2) is 0 Å². The second-order valence-corrected chi connectivity index (χ2v) is 8.04. The molecule has 0 heterocycles. The molecule has 5 heteroatoms. The van der Waals surface area contributed by atoms with Gasteiger partial charge in [0, 0.05) is 0 Å². The summed E-state index contributed by atoms with van der Waals surface area (Å²) in [6.45, 7) is 7.35. The molecule has 3 aromatic carbocycles. The van der Waals surface area contributed by atoms with E-state index in [0.29, 0.717) is 12.1 Å². The second-order valence-electron chi connectivity index (χ2n) is 8.04. The van der Waals surface area contributed by atoms with E-state index in [2.05, 4.69) is 0 Å². The normalized spacial score (nSPS) is 12.2. The Bertz CT molecular complexity index is 932. The molecular weight excluding hydrogens is 351 g/mol. The average molecular weight is 378 g/mol. The molecule has 0 aliphatic heterocycles. The lowest BCUT2D eigenvalue weighted by atomic mass is 9.74. The molecule has 4 nitrogen and oxygen atoms in total. The van der Waals surface area contributed by atoms with Crippen LogP contribution >= 0.6 is 0 Å². The van der Waals surface area contributed by atoms with Gasteiger partial charge in [0.1, 0.15) is 12.4 Å². The zero-order valence-corrected chi connectivity index (χ0v) is 16.8. The Kier molecular flexibility index (Phi) is 5.80. The van der Waals surface area contributed by atoms with E-state index in [1.54, 1.807) is 27.7 Å². The summed E-state index contributed by atoms with van der Waals surface area (Å²) in [7, 11) is -1.15. The van der Waals surface area contributed by atoms with Gasteiger partial charge in [0.2, 0.25) is 0 Å². The van der Waals surface area contributed by atoms with Crippen molar-refractivity contribution in [2.45, 2.75) is 45.5 Å². The van der Waals surface area contributed by atoms with Gasteiger partial charge in [-0.1, -0.05) is 54.6 Å². The number of aliphatic hydroxyl groups is 1. The fourth-order valence-electron chi connectivity index (χ4n) is 2.82. The SMILES string of the molecule is CC(C)(O)C(C)(C)OB(O)c1cccc2cc(OCc3ccccc3)ccc12. The van der Waals surface area contributed by atoms with E-state index in [9.17, 15) is 10.1 Å².